The molecule has 0 radical (unpaired) electrons. The van der Waals surface area contributed by atoms with Gasteiger partial charge in [-0.15, -0.1) is 0 Å². The third-order valence-electron chi connectivity index (χ3n) is 2.33. The lowest BCUT2D eigenvalue weighted by Crippen LogP contribution is -2.04. The molecule has 0 atom stereocenters. The summed E-state index contributed by atoms with van der Waals surface area (Å²) in [5.41, 5.74) is 0.770. The number of methoxy groups -OCH3 is 2. The minimum Gasteiger partial charge on any atom is -0.466 e. The summed E-state index contributed by atoms with van der Waals surface area (Å²) in [5.74, 6) is -1.09. The Hall–Kier alpha value is -1.78. The van der Waals surface area contributed by atoms with Crippen molar-refractivity contribution >= 4 is 40.7 Å². The smallest absolute Gasteiger partial charge is 0.338 e. The largest absolute Gasteiger partial charge is 0.466 e. The molecule has 4 nitrogen and oxygen atoms in total. The average Bonchev–Trinajstić information content (AvgIpc) is 2.45. The first kappa shape index (κ1) is 16.3. The van der Waals surface area contributed by atoms with E-state index in [0.717, 1.165) is 0 Å². The van der Waals surface area contributed by atoms with Crippen LogP contribution in [0.5, 0.6) is 0 Å². The zero-order valence-corrected chi connectivity index (χ0v) is 12.4. The molecule has 0 heterocycles. The monoisotopic (exact) mass is 314 g/mol. The van der Waals surface area contributed by atoms with Gasteiger partial charge >= 0.3 is 11.9 Å². The van der Waals surface area contributed by atoms with Crippen molar-refractivity contribution in [1.82, 2.24) is 0 Å². The van der Waals surface area contributed by atoms with Crippen molar-refractivity contribution in [2.24, 2.45) is 0 Å². The summed E-state index contributed by atoms with van der Waals surface area (Å²) in [6.07, 6.45) is 4.00. The van der Waals surface area contributed by atoms with Crippen LogP contribution in [-0.4, -0.2) is 26.2 Å². The van der Waals surface area contributed by atoms with Crippen LogP contribution in [0.15, 0.2) is 36.4 Å². The second-order valence-corrected chi connectivity index (χ2v) is 4.40. The number of esters is 2. The fourth-order valence-corrected chi connectivity index (χ4v) is 1.64. The Kier molecular flexibility index (Phi) is 6.28. The fraction of sp³-hybridized carbons (Fsp3) is 0.143. The summed E-state index contributed by atoms with van der Waals surface area (Å²) in [7, 11) is 2.52. The number of allylic oxidation sites excluding steroid dienone is 2. The van der Waals surface area contributed by atoms with Crippen LogP contribution in [-0.2, 0) is 19.1 Å². The standard InChI is InChI=1S/C14H12Cl2O4/c1-19-13(17)5-3-4-10(14(18)20-2)9-6-7-11(15)12(16)8-9/h3-8H,1-2H3/b5-3+,10-4+. The second kappa shape index (κ2) is 7.72. The van der Waals surface area contributed by atoms with Gasteiger partial charge in [0.25, 0.3) is 0 Å². The van der Waals surface area contributed by atoms with E-state index in [1.807, 2.05) is 0 Å². The van der Waals surface area contributed by atoms with E-state index < -0.39 is 11.9 Å². The third-order valence-corrected chi connectivity index (χ3v) is 3.07. The number of rotatable bonds is 4. The maximum atomic E-state index is 11.7. The second-order valence-electron chi connectivity index (χ2n) is 3.58. The molecule has 1 aromatic carbocycles. The van der Waals surface area contributed by atoms with Crippen molar-refractivity contribution in [3.05, 3.63) is 52.0 Å². The molecule has 0 aliphatic rings. The molecule has 0 saturated carbocycles. The molecule has 0 N–H and O–H groups in total. The van der Waals surface area contributed by atoms with Crippen LogP contribution >= 0.6 is 23.2 Å². The van der Waals surface area contributed by atoms with Crippen LogP contribution in [0.1, 0.15) is 5.56 Å². The molecule has 0 amide bonds. The minimum absolute atomic E-state index is 0.242. The van der Waals surface area contributed by atoms with Gasteiger partial charge in [0.05, 0.1) is 29.8 Å². The minimum atomic E-state index is -0.557. The van der Waals surface area contributed by atoms with E-state index in [1.165, 1.54) is 32.4 Å². The molecular formula is C14H12Cl2O4. The van der Waals surface area contributed by atoms with Crippen molar-refractivity contribution in [3.8, 4) is 0 Å². The van der Waals surface area contributed by atoms with Gasteiger partial charge in [-0.3, -0.25) is 0 Å². The molecule has 1 aromatic rings. The first-order valence-electron chi connectivity index (χ1n) is 5.49. The van der Waals surface area contributed by atoms with E-state index in [9.17, 15) is 9.59 Å². The van der Waals surface area contributed by atoms with Crippen LogP contribution in [0, 0.1) is 0 Å². The zero-order valence-electron chi connectivity index (χ0n) is 10.9. The highest BCUT2D eigenvalue weighted by atomic mass is 35.5. The summed E-state index contributed by atoms with van der Waals surface area (Å²) in [6, 6.07) is 4.74. The summed E-state index contributed by atoms with van der Waals surface area (Å²) in [6.45, 7) is 0. The van der Waals surface area contributed by atoms with Crippen LogP contribution in [0.3, 0.4) is 0 Å². The van der Waals surface area contributed by atoms with Crippen LogP contribution in [0.2, 0.25) is 10.0 Å². The third kappa shape index (κ3) is 4.40. The summed E-state index contributed by atoms with van der Waals surface area (Å²) < 4.78 is 9.14. The van der Waals surface area contributed by atoms with E-state index in [-0.39, 0.29) is 5.57 Å². The van der Waals surface area contributed by atoms with E-state index in [4.69, 9.17) is 23.2 Å². The quantitative estimate of drug-likeness (QED) is 0.486. The Morgan fingerprint density at radius 1 is 1.10 bits per heavy atom. The summed E-state index contributed by atoms with van der Waals surface area (Å²) >= 11 is 11.7. The fourth-order valence-electron chi connectivity index (χ4n) is 1.35. The summed E-state index contributed by atoms with van der Waals surface area (Å²) in [4.78, 5) is 22.7. The number of halogens is 2. The highest BCUT2D eigenvalue weighted by molar-refractivity contribution is 6.42. The maximum absolute atomic E-state index is 11.7. The number of benzene rings is 1. The molecule has 1 rings (SSSR count). The predicted octanol–water partition coefficient (Wildman–Crippen LogP) is 3.28. The lowest BCUT2D eigenvalue weighted by atomic mass is 10.1. The molecule has 0 spiro atoms. The number of hydrogen-bond acceptors (Lipinski definition) is 4. The SMILES string of the molecule is COC(=O)/C=C/C=C(/C(=O)OC)c1ccc(Cl)c(Cl)c1. The van der Waals surface area contributed by atoms with Gasteiger partial charge in [-0.2, -0.15) is 0 Å². The lowest BCUT2D eigenvalue weighted by Gasteiger charge is -2.06. The molecule has 0 aliphatic heterocycles. The van der Waals surface area contributed by atoms with Crippen molar-refractivity contribution in [3.63, 3.8) is 0 Å². The molecule has 0 aliphatic carbocycles. The van der Waals surface area contributed by atoms with Crippen molar-refractivity contribution in [2.45, 2.75) is 0 Å². The Bertz CT molecular complexity index is 577. The molecule has 0 bridgehead atoms. The molecule has 0 fully saturated rings. The normalized spacial score (nSPS) is 11.5. The molecule has 0 aromatic heterocycles. The molecule has 6 heteroatoms. The summed E-state index contributed by atoms with van der Waals surface area (Å²) in [5, 5.41) is 0.695. The van der Waals surface area contributed by atoms with Gasteiger partial charge in [0.15, 0.2) is 0 Å². The Balaban J connectivity index is 3.15. The van der Waals surface area contributed by atoms with Gasteiger partial charge in [-0.05, 0) is 23.8 Å². The lowest BCUT2D eigenvalue weighted by molar-refractivity contribution is -0.135. The number of carbonyl (C=O) groups is 2. The topological polar surface area (TPSA) is 52.6 Å². The molecule has 0 unspecified atom stereocenters. The van der Waals surface area contributed by atoms with Crippen molar-refractivity contribution < 1.29 is 19.1 Å². The van der Waals surface area contributed by atoms with Gasteiger partial charge in [-0.25, -0.2) is 9.59 Å². The molecular weight excluding hydrogens is 303 g/mol. The van der Waals surface area contributed by atoms with Crippen molar-refractivity contribution in [2.75, 3.05) is 14.2 Å². The van der Waals surface area contributed by atoms with E-state index in [2.05, 4.69) is 9.47 Å². The average molecular weight is 315 g/mol. The van der Waals surface area contributed by atoms with E-state index >= 15 is 0 Å². The van der Waals surface area contributed by atoms with Gasteiger partial charge in [0.1, 0.15) is 0 Å². The van der Waals surface area contributed by atoms with E-state index in [1.54, 1.807) is 18.2 Å². The predicted molar refractivity (Wildman–Crippen MR) is 77.6 cm³/mol. The van der Waals surface area contributed by atoms with Crippen LogP contribution in [0.4, 0.5) is 0 Å². The molecule has 20 heavy (non-hydrogen) atoms. The molecule has 0 saturated heterocycles. The van der Waals surface area contributed by atoms with Gasteiger partial charge in [0, 0.05) is 6.08 Å². The van der Waals surface area contributed by atoms with Gasteiger partial charge in [-0.1, -0.05) is 35.3 Å². The first-order valence-corrected chi connectivity index (χ1v) is 6.25. The maximum Gasteiger partial charge on any atom is 0.338 e. The van der Waals surface area contributed by atoms with Crippen LogP contribution in [0.25, 0.3) is 5.57 Å². The highest BCUT2D eigenvalue weighted by Crippen LogP contribution is 2.26. The van der Waals surface area contributed by atoms with Crippen molar-refractivity contribution in [1.29, 1.82) is 0 Å². The Labute approximate surface area is 126 Å². The first-order chi connectivity index (χ1) is 9.49. The highest BCUT2D eigenvalue weighted by Gasteiger charge is 2.12. The van der Waals surface area contributed by atoms with Gasteiger partial charge in [0.2, 0.25) is 0 Å². The number of hydrogen-bond donors (Lipinski definition) is 0. The number of carbonyl (C=O) groups excluding carboxylic acids is 2. The molecule has 106 valence electrons. The Morgan fingerprint density at radius 2 is 1.80 bits per heavy atom. The Morgan fingerprint density at radius 3 is 2.35 bits per heavy atom. The van der Waals surface area contributed by atoms with E-state index in [0.29, 0.717) is 15.6 Å². The van der Waals surface area contributed by atoms with Gasteiger partial charge < -0.3 is 9.47 Å². The number of ether oxygens (including phenoxy) is 2. The van der Waals surface area contributed by atoms with Crippen LogP contribution < -0.4 is 0 Å². The zero-order chi connectivity index (χ0) is 15.1.